The summed E-state index contributed by atoms with van der Waals surface area (Å²) in [5.41, 5.74) is -0.161. The quantitative estimate of drug-likeness (QED) is 0.741. The van der Waals surface area contributed by atoms with Crippen LogP contribution in [-0.2, 0) is 6.18 Å². The molecule has 0 atom stereocenters. The fourth-order valence-corrected chi connectivity index (χ4v) is 1.73. The Bertz CT molecular complexity index is 472. The van der Waals surface area contributed by atoms with Crippen LogP contribution in [0.25, 0.3) is 10.9 Å². The van der Waals surface area contributed by atoms with Crippen molar-refractivity contribution in [2.45, 2.75) is 6.18 Å². The summed E-state index contributed by atoms with van der Waals surface area (Å²) in [4.78, 5) is 2.79. The van der Waals surface area contributed by atoms with Gasteiger partial charge in [-0.15, -0.1) is 0 Å². The summed E-state index contributed by atoms with van der Waals surface area (Å²) in [5, 5.41) is 0.755. The summed E-state index contributed by atoms with van der Waals surface area (Å²) in [6.07, 6.45) is -4.29. The minimum atomic E-state index is -4.29. The van der Waals surface area contributed by atoms with Gasteiger partial charge >= 0.3 is 6.18 Å². The second-order valence-electron chi connectivity index (χ2n) is 2.92. The number of H-pyrrole nitrogens is 1. The van der Waals surface area contributed by atoms with E-state index in [4.69, 9.17) is 0 Å². The first-order valence-corrected chi connectivity index (χ1v) is 4.61. The first-order chi connectivity index (χ1) is 6.47. The van der Waals surface area contributed by atoms with Crippen molar-refractivity contribution < 1.29 is 13.2 Å². The molecule has 0 aliphatic carbocycles. The standard InChI is InChI=1S/C9H5BrF3N/c10-8-3-5-1-2-6(9(11,12)13)4-7(5)14-8/h1-4,14H. The summed E-state index contributed by atoms with van der Waals surface area (Å²) in [5.74, 6) is 0. The SMILES string of the molecule is FC(F)(F)c1ccc2cc(Br)[nH]c2c1. The lowest BCUT2D eigenvalue weighted by molar-refractivity contribution is -0.137. The smallest absolute Gasteiger partial charge is 0.349 e. The van der Waals surface area contributed by atoms with Crippen molar-refractivity contribution in [1.82, 2.24) is 4.98 Å². The molecule has 1 heterocycles. The Hall–Kier alpha value is -0.970. The van der Waals surface area contributed by atoms with Crippen molar-refractivity contribution in [3.63, 3.8) is 0 Å². The summed E-state index contributed by atoms with van der Waals surface area (Å²) < 4.78 is 37.6. The van der Waals surface area contributed by atoms with Crippen LogP contribution in [0.5, 0.6) is 0 Å². The van der Waals surface area contributed by atoms with Gasteiger partial charge < -0.3 is 4.98 Å². The van der Waals surface area contributed by atoms with E-state index in [9.17, 15) is 13.2 Å². The van der Waals surface area contributed by atoms with E-state index in [1.807, 2.05) is 0 Å². The van der Waals surface area contributed by atoms with E-state index >= 15 is 0 Å². The summed E-state index contributed by atoms with van der Waals surface area (Å²) in [6, 6.07) is 5.34. The van der Waals surface area contributed by atoms with Crippen molar-refractivity contribution in [3.05, 3.63) is 34.4 Å². The molecule has 1 aromatic carbocycles. The molecule has 14 heavy (non-hydrogen) atoms. The first kappa shape index (κ1) is 9.58. The molecule has 0 radical (unpaired) electrons. The molecule has 0 amide bonds. The predicted octanol–water partition coefficient (Wildman–Crippen LogP) is 3.95. The molecule has 0 aliphatic rings. The molecule has 0 fully saturated rings. The highest BCUT2D eigenvalue weighted by molar-refractivity contribution is 9.10. The van der Waals surface area contributed by atoms with Crippen LogP contribution in [0.4, 0.5) is 13.2 Å². The van der Waals surface area contributed by atoms with Gasteiger partial charge in [-0.1, -0.05) is 6.07 Å². The van der Waals surface area contributed by atoms with Gasteiger partial charge in [0.1, 0.15) is 0 Å². The maximum Gasteiger partial charge on any atom is 0.416 e. The zero-order valence-electron chi connectivity index (χ0n) is 6.82. The second-order valence-corrected chi connectivity index (χ2v) is 3.77. The van der Waals surface area contributed by atoms with Gasteiger partial charge in [-0.3, -0.25) is 0 Å². The van der Waals surface area contributed by atoms with E-state index in [2.05, 4.69) is 20.9 Å². The molecule has 1 N–H and O–H groups in total. The third-order valence-electron chi connectivity index (χ3n) is 1.92. The maximum absolute atomic E-state index is 12.3. The molecule has 2 rings (SSSR count). The minimum Gasteiger partial charge on any atom is -0.349 e. The van der Waals surface area contributed by atoms with Gasteiger partial charge in [-0.05, 0) is 34.1 Å². The van der Waals surface area contributed by atoms with E-state index < -0.39 is 11.7 Å². The lowest BCUT2D eigenvalue weighted by Gasteiger charge is -2.05. The van der Waals surface area contributed by atoms with Crippen LogP contribution in [0.1, 0.15) is 5.56 Å². The number of rotatable bonds is 0. The van der Waals surface area contributed by atoms with E-state index in [-0.39, 0.29) is 0 Å². The average molecular weight is 264 g/mol. The molecule has 2 aromatic rings. The first-order valence-electron chi connectivity index (χ1n) is 3.82. The van der Waals surface area contributed by atoms with Crippen LogP contribution < -0.4 is 0 Å². The lowest BCUT2D eigenvalue weighted by atomic mass is 10.1. The predicted molar refractivity (Wildman–Crippen MR) is 51.0 cm³/mol. The van der Waals surface area contributed by atoms with Gasteiger partial charge in [-0.25, -0.2) is 0 Å². The summed E-state index contributed by atoms with van der Waals surface area (Å²) >= 11 is 3.16. The van der Waals surface area contributed by atoms with Crippen molar-refractivity contribution in [3.8, 4) is 0 Å². The summed E-state index contributed by atoms with van der Waals surface area (Å²) in [7, 11) is 0. The van der Waals surface area contributed by atoms with Gasteiger partial charge in [-0.2, -0.15) is 13.2 Å². The molecular weight excluding hydrogens is 259 g/mol. The van der Waals surface area contributed by atoms with E-state index in [0.717, 1.165) is 17.5 Å². The number of aromatic nitrogens is 1. The van der Waals surface area contributed by atoms with Gasteiger partial charge in [0.2, 0.25) is 0 Å². The van der Waals surface area contributed by atoms with Gasteiger partial charge in [0.05, 0.1) is 10.2 Å². The Morgan fingerprint density at radius 2 is 1.86 bits per heavy atom. The average Bonchev–Trinajstić information content (AvgIpc) is 2.41. The molecule has 1 nitrogen and oxygen atoms in total. The topological polar surface area (TPSA) is 15.8 Å². The van der Waals surface area contributed by atoms with Gasteiger partial charge in [0.15, 0.2) is 0 Å². The minimum absolute atomic E-state index is 0.478. The van der Waals surface area contributed by atoms with Crippen molar-refractivity contribution in [2.24, 2.45) is 0 Å². The Morgan fingerprint density at radius 3 is 2.50 bits per heavy atom. The number of alkyl halides is 3. The molecule has 0 bridgehead atoms. The number of hydrogen-bond acceptors (Lipinski definition) is 0. The zero-order chi connectivity index (χ0) is 10.3. The zero-order valence-corrected chi connectivity index (χ0v) is 8.41. The molecular formula is C9H5BrF3N. The third kappa shape index (κ3) is 1.64. The Kier molecular flexibility index (Phi) is 2.06. The van der Waals surface area contributed by atoms with Gasteiger partial charge in [0, 0.05) is 10.9 Å². The fraction of sp³-hybridized carbons (Fsp3) is 0.111. The largest absolute Gasteiger partial charge is 0.416 e. The van der Waals surface area contributed by atoms with Crippen molar-refractivity contribution in [2.75, 3.05) is 0 Å². The number of aromatic amines is 1. The molecule has 0 unspecified atom stereocenters. The van der Waals surface area contributed by atoms with E-state index in [1.54, 1.807) is 6.07 Å². The highest BCUT2D eigenvalue weighted by Crippen LogP contribution is 2.31. The number of nitrogens with one attached hydrogen (secondary N) is 1. The van der Waals surface area contributed by atoms with Crippen molar-refractivity contribution in [1.29, 1.82) is 0 Å². The van der Waals surface area contributed by atoms with E-state index in [1.165, 1.54) is 6.07 Å². The number of hydrogen-bond donors (Lipinski definition) is 1. The molecule has 0 saturated heterocycles. The van der Waals surface area contributed by atoms with Crippen LogP contribution in [-0.4, -0.2) is 4.98 Å². The van der Waals surface area contributed by atoms with Crippen LogP contribution in [0.15, 0.2) is 28.9 Å². The Labute approximate surface area is 86.1 Å². The van der Waals surface area contributed by atoms with Crippen LogP contribution in [0.3, 0.4) is 0 Å². The summed E-state index contributed by atoms with van der Waals surface area (Å²) in [6.45, 7) is 0. The molecule has 0 spiro atoms. The normalized spacial score (nSPS) is 12.3. The monoisotopic (exact) mass is 263 g/mol. The highest BCUT2D eigenvalue weighted by Gasteiger charge is 2.30. The third-order valence-corrected chi connectivity index (χ3v) is 2.34. The number of fused-ring (bicyclic) bond motifs is 1. The molecule has 0 saturated carbocycles. The van der Waals surface area contributed by atoms with Crippen LogP contribution in [0, 0.1) is 0 Å². The number of halogens is 4. The Morgan fingerprint density at radius 1 is 1.14 bits per heavy atom. The molecule has 5 heteroatoms. The van der Waals surface area contributed by atoms with Crippen molar-refractivity contribution >= 4 is 26.8 Å². The molecule has 74 valence electrons. The second kappa shape index (κ2) is 3.02. The fourth-order valence-electron chi connectivity index (χ4n) is 1.27. The lowest BCUT2D eigenvalue weighted by Crippen LogP contribution is -2.03. The highest BCUT2D eigenvalue weighted by atomic mass is 79.9. The Balaban J connectivity index is 2.62. The molecule has 1 aromatic heterocycles. The number of benzene rings is 1. The maximum atomic E-state index is 12.3. The van der Waals surface area contributed by atoms with Crippen LogP contribution >= 0.6 is 15.9 Å². The van der Waals surface area contributed by atoms with Gasteiger partial charge in [0.25, 0.3) is 0 Å². The van der Waals surface area contributed by atoms with Crippen LogP contribution in [0.2, 0.25) is 0 Å². The van der Waals surface area contributed by atoms with E-state index in [0.29, 0.717) is 10.1 Å². The molecule has 0 aliphatic heterocycles.